The minimum absolute atomic E-state index is 0.0254. The van der Waals surface area contributed by atoms with Crippen LogP contribution in [0.3, 0.4) is 0 Å². The van der Waals surface area contributed by atoms with E-state index in [-0.39, 0.29) is 37.2 Å². The lowest BCUT2D eigenvalue weighted by molar-refractivity contribution is -0.179. The fraction of sp³-hybridized carbons (Fsp3) is 0.385. The first kappa shape index (κ1) is 27.6. The van der Waals surface area contributed by atoms with E-state index in [1.165, 1.54) is 6.07 Å². The summed E-state index contributed by atoms with van der Waals surface area (Å²) < 4.78 is 78.8. The molecule has 2 N–H and O–H groups in total. The molecule has 7 nitrogen and oxygen atoms in total. The van der Waals surface area contributed by atoms with Crippen LogP contribution in [0.5, 0.6) is 0 Å². The first-order valence-electron chi connectivity index (χ1n) is 12.0. The van der Waals surface area contributed by atoms with Crippen LogP contribution in [0.1, 0.15) is 47.3 Å². The zero-order chi connectivity index (χ0) is 27.8. The molecule has 38 heavy (non-hydrogen) atoms. The molecule has 1 amide bonds. The van der Waals surface area contributed by atoms with Gasteiger partial charge >= 0.3 is 6.18 Å². The van der Waals surface area contributed by atoms with Crippen molar-refractivity contribution >= 4 is 38.3 Å². The molecule has 2 heterocycles. The van der Waals surface area contributed by atoms with E-state index >= 15 is 0 Å². The molecule has 1 aliphatic heterocycles. The maximum absolute atomic E-state index is 14.7. The minimum atomic E-state index is -4.18. The van der Waals surface area contributed by atoms with Gasteiger partial charge in [0.1, 0.15) is 11.6 Å². The number of piperidine rings is 1. The number of aromatic nitrogens is 1. The topological polar surface area (TPSA) is 91.4 Å². The fourth-order valence-corrected chi connectivity index (χ4v) is 5.19. The SMILES string of the molecule is Cc1cc([C@@H](C)NC(=O)c2ccc3nc(N4CCC(C(F)(F)F)CC4)ccc3c2)c(F)cc1NS(C)(=O)=O. The Morgan fingerprint density at radius 1 is 1.11 bits per heavy atom. The number of carbonyl (C=O) groups excluding carboxylic acids is 1. The number of anilines is 2. The molecule has 0 bridgehead atoms. The number of rotatable bonds is 6. The number of carbonyl (C=O) groups is 1. The Balaban J connectivity index is 1.46. The number of alkyl halides is 3. The Bertz CT molecular complexity index is 1470. The molecule has 0 radical (unpaired) electrons. The van der Waals surface area contributed by atoms with Crippen LogP contribution < -0.4 is 14.9 Å². The molecule has 0 saturated carbocycles. The molecule has 0 spiro atoms. The van der Waals surface area contributed by atoms with Gasteiger partial charge in [-0.2, -0.15) is 13.2 Å². The third-order valence-corrected chi connectivity index (χ3v) is 7.26. The van der Waals surface area contributed by atoms with E-state index in [1.54, 1.807) is 44.2 Å². The van der Waals surface area contributed by atoms with Gasteiger partial charge in [-0.05, 0) is 74.7 Å². The number of hydrogen-bond donors (Lipinski definition) is 2. The summed E-state index contributed by atoms with van der Waals surface area (Å²) in [6, 6.07) is 10.2. The molecule has 4 rings (SSSR count). The van der Waals surface area contributed by atoms with Crippen molar-refractivity contribution in [2.75, 3.05) is 29.0 Å². The van der Waals surface area contributed by atoms with E-state index in [9.17, 15) is 30.8 Å². The summed E-state index contributed by atoms with van der Waals surface area (Å²) in [5, 5.41) is 3.43. The van der Waals surface area contributed by atoms with Crippen molar-refractivity contribution < 1.29 is 30.8 Å². The molecule has 1 saturated heterocycles. The van der Waals surface area contributed by atoms with Crippen LogP contribution in [-0.2, 0) is 10.0 Å². The first-order valence-corrected chi connectivity index (χ1v) is 13.9. The Labute approximate surface area is 218 Å². The minimum Gasteiger partial charge on any atom is -0.357 e. The number of sulfonamides is 1. The molecular weight excluding hydrogens is 524 g/mol. The number of halogens is 4. The van der Waals surface area contributed by atoms with Crippen LogP contribution in [0, 0.1) is 18.7 Å². The van der Waals surface area contributed by atoms with Crippen LogP contribution >= 0.6 is 0 Å². The number of aryl methyl sites for hydroxylation is 1. The highest BCUT2D eigenvalue weighted by Gasteiger charge is 2.41. The smallest absolute Gasteiger partial charge is 0.357 e. The lowest BCUT2D eigenvalue weighted by Gasteiger charge is -2.33. The fourth-order valence-electron chi connectivity index (χ4n) is 4.57. The van der Waals surface area contributed by atoms with Crippen molar-refractivity contribution in [1.82, 2.24) is 10.3 Å². The first-order chi connectivity index (χ1) is 17.7. The van der Waals surface area contributed by atoms with Gasteiger partial charge in [0.05, 0.1) is 29.4 Å². The standard InChI is InChI=1S/C26H28F4N4O3S/c1-15-12-20(21(27)14-23(15)33-38(3,36)37)16(2)31-25(35)18-4-6-22-17(13-18)5-7-24(32-22)34-10-8-19(9-11-34)26(28,29)30/h4-7,12-14,16,19,33H,8-11H2,1-3H3,(H,31,35)/t16-/m1/s1. The quantitative estimate of drug-likeness (QED) is 0.404. The molecule has 1 aliphatic rings. The van der Waals surface area contributed by atoms with E-state index in [0.717, 1.165) is 12.3 Å². The molecule has 1 aromatic heterocycles. The normalized spacial score (nSPS) is 15.9. The van der Waals surface area contributed by atoms with Crippen LogP contribution in [0.4, 0.5) is 29.1 Å². The van der Waals surface area contributed by atoms with Crippen molar-refractivity contribution in [3.63, 3.8) is 0 Å². The van der Waals surface area contributed by atoms with Crippen molar-refractivity contribution in [3.8, 4) is 0 Å². The van der Waals surface area contributed by atoms with Crippen LogP contribution in [0.25, 0.3) is 10.9 Å². The van der Waals surface area contributed by atoms with Crippen molar-refractivity contribution in [2.24, 2.45) is 5.92 Å². The van der Waals surface area contributed by atoms with Crippen LogP contribution in [-0.4, -0.2) is 44.8 Å². The average molecular weight is 553 g/mol. The van der Waals surface area contributed by atoms with E-state index in [4.69, 9.17) is 0 Å². The molecule has 1 atom stereocenters. The Morgan fingerprint density at radius 3 is 2.42 bits per heavy atom. The van der Waals surface area contributed by atoms with Gasteiger partial charge in [0.15, 0.2) is 0 Å². The van der Waals surface area contributed by atoms with Gasteiger partial charge in [-0.25, -0.2) is 17.8 Å². The second-order valence-corrected chi connectivity index (χ2v) is 11.4. The number of nitrogens with zero attached hydrogens (tertiary/aromatic N) is 2. The van der Waals surface area contributed by atoms with Gasteiger partial charge in [-0.3, -0.25) is 9.52 Å². The number of fused-ring (bicyclic) bond motifs is 1. The summed E-state index contributed by atoms with van der Waals surface area (Å²) in [5.41, 5.74) is 1.76. The molecule has 2 aromatic carbocycles. The van der Waals surface area contributed by atoms with E-state index in [0.29, 0.717) is 27.8 Å². The Kier molecular flexibility index (Phi) is 7.55. The zero-order valence-electron chi connectivity index (χ0n) is 21.1. The predicted molar refractivity (Wildman–Crippen MR) is 138 cm³/mol. The molecule has 1 fully saturated rings. The summed E-state index contributed by atoms with van der Waals surface area (Å²) >= 11 is 0. The summed E-state index contributed by atoms with van der Waals surface area (Å²) in [7, 11) is -3.57. The van der Waals surface area contributed by atoms with E-state index in [2.05, 4.69) is 15.0 Å². The van der Waals surface area contributed by atoms with Crippen LogP contribution in [0.2, 0.25) is 0 Å². The molecule has 3 aromatic rings. The summed E-state index contributed by atoms with van der Waals surface area (Å²) in [6.07, 6.45) is -3.16. The number of hydrogen-bond acceptors (Lipinski definition) is 5. The summed E-state index contributed by atoms with van der Waals surface area (Å²) in [4.78, 5) is 19.3. The van der Waals surface area contributed by atoms with Gasteiger partial charge in [0, 0.05) is 29.6 Å². The van der Waals surface area contributed by atoms with Crippen molar-refractivity contribution in [3.05, 3.63) is 65.0 Å². The van der Waals surface area contributed by atoms with E-state index in [1.807, 2.05) is 4.90 Å². The third-order valence-electron chi connectivity index (χ3n) is 6.67. The van der Waals surface area contributed by atoms with Gasteiger partial charge in [0.25, 0.3) is 5.91 Å². The van der Waals surface area contributed by atoms with Crippen LogP contribution in [0.15, 0.2) is 42.5 Å². The number of benzene rings is 2. The Morgan fingerprint density at radius 2 is 1.79 bits per heavy atom. The maximum Gasteiger partial charge on any atom is 0.391 e. The maximum atomic E-state index is 14.7. The van der Waals surface area contributed by atoms with Gasteiger partial charge in [-0.1, -0.05) is 0 Å². The summed E-state index contributed by atoms with van der Waals surface area (Å²) in [6.45, 7) is 3.79. The second kappa shape index (κ2) is 10.4. The summed E-state index contributed by atoms with van der Waals surface area (Å²) in [5.74, 6) is -1.80. The zero-order valence-corrected chi connectivity index (χ0v) is 21.9. The highest BCUT2D eigenvalue weighted by atomic mass is 32.2. The van der Waals surface area contributed by atoms with Gasteiger partial charge < -0.3 is 10.2 Å². The molecule has 0 unspecified atom stereocenters. The van der Waals surface area contributed by atoms with Crippen molar-refractivity contribution in [2.45, 2.75) is 38.9 Å². The second-order valence-electron chi connectivity index (χ2n) is 9.64. The highest BCUT2D eigenvalue weighted by Crippen LogP contribution is 2.35. The van der Waals surface area contributed by atoms with E-state index < -0.39 is 39.9 Å². The van der Waals surface area contributed by atoms with Gasteiger partial charge in [-0.15, -0.1) is 0 Å². The lowest BCUT2D eigenvalue weighted by atomic mass is 9.96. The molecular formula is C26H28F4N4O3S. The average Bonchev–Trinajstić information content (AvgIpc) is 2.84. The number of amides is 1. The monoisotopic (exact) mass is 552 g/mol. The van der Waals surface area contributed by atoms with Gasteiger partial charge in [0.2, 0.25) is 10.0 Å². The molecule has 12 heteroatoms. The Hall–Kier alpha value is -3.41. The lowest BCUT2D eigenvalue weighted by Crippen LogP contribution is -2.39. The third kappa shape index (κ3) is 6.35. The number of nitrogens with one attached hydrogen (secondary N) is 2. The molecule has 0 aliphatic carbocycles. The number of pyridine rings is 1. The van der Waals surface area contributed by atoms with Crippen molar-refractivity contribution in [1.29, 1.82) is 0 Å². The predicted octanol–water partition coefficient (Wildman–Crippen LogP) is 5.32. The largest absolute Gasteiger partial charge is 0.391 e. The molecule has 204 valence electrons. The highest BCUT2D eigenvalue weighted by molar-refractivity contribution is 7.92.